The summed E-state index contributed by atoms with van der Waals surface area (Å²) in [5, 5.41) is 0. The first kappa shape index (κ1) is 15.3. The second kappa shape index (κ2) is 5.95. The van der Waals surface area contributed by atoms with Gasteiger partial charge in [-0.1, -0.05) is 0 Å². The van der Waals surface area contributed by atoms with Gasteiger partial charge in [0.05, 0.1) is 0 Å². The zero-order valence-electron chi connectivity index (χ0n) is 12.3. The van der Waals surface area contributed by atoms with Gasteiger partial charge in [0, 0.05) is 42.8 Å². The topological polar surface area (TPSA) is 54.5 Å². The minimum absolute atomic E-state index is 0.0382. The molecule has 0 radical (unpaired) electrons. The van der Waals surface area contributed by atoms with Gasteiger partial charge in [-0.2, -0.15) is 0 Å². The van der Waals surface area contributed by atoms with Crippen LogP contribution in [-0.2, 0) is 14.4 Å². The molecule has 4 nitrogen and oxygen atoms in total. The lowest BCUT2D eigenvalue weighted by Gasteiger charge is -2.18. The fourth-order valence-corrected chi connectivity index (χ4v) is 2.10. The van der Waals surface area contributed by atoms with E-state index in [1.54, 1.807) is 34.9 Å². The van der Waals surface area contributed by atoms with Crippen LogP contribution in [0.2, 0.25) is 0 Å². The van der Waals surface area contributed by atoms with E-state index in [-0.39, 0.29) is 17.5 Å². The predicted octanol–water partition coefficient (Wildman–Crippen LogP) is 2.05. The summed E-state index contributed by atoms with van der Waals surface area (Å²) in [6, 6.07) is 0. The number of rotatable bonds is 4. The Balaban J connectivity index is 2.76. The van der Waals surface area contributed by atoms with Crippen molar-refractivity contribution in [2.24, 2.45) is 0 Å². The highest BCUT2D eigenvalue weighted by atomic mass is 16.2. The average molecular weight is 263 g/mol. The first-order valence-corrected chi connectivity index (χ1v) is 6.44. The van der Waals surface area contributed by atoms with Crippen molar-refractivity contribution in [2.75, 3.05) is 14.1 Å². The molecule has 0 heterocycles. The minimum Gasteiger partial charge on any atom is -0.349 e. The van der Waals surface area contributed by atoms with Crippen molar-refractivity contribution < 1.29 is 14.4 Å². The summed E-state index contributed by atoms with van der Waals surface area (Å²) >= 11 is 0. The molecule has 0 N–H and O–H groups in total. The van der Waals surface area contributed by atoms with Gasteiger partial charge >= 0.3 is 0 Å². The van der Waals surface area contributed by atoms with E-state index in [1.807, 2.05) is 0 Å². The van der Waals surface area contributed by atoms with E-state index < -0.39 is 0 Å². The molecule has 0 bridgehead atoms. The Hall–Kier alpha value is -1.71. The zero-order chi connectivity index (χ0) is 14.7. The molecule has 0 spiro atoms. The van der Waals surface area contributed by atoms with Gasteiger partial charge in [-0.15, -0.1) is 0 Å². The minimum atomic E-state index is -0.0500. The van der Waals surface area contributed by atoms with Crippen molar-refractivity contribution in [3.63, 3.8) is 0 Å². The lowest BCUT2D eigenvalue weighted by atomic mass is 9.84. The van der Waals surface area contributed by atoms with Crippen molar-refractivity contribution in [3.05, 3.63) is 22.3 Å². The van der Waals surface area contributed by atoms with Crippen LogP contribution in [0.15, 0.2) is 22.3 Å². The zero-order valence-corrected chi connectivity index (χ0v) is 12.3. The van der Waals surface area contributed by atoms with Gasteiger partial charge in [-0.3, -0.25) is 14.4 Å². The molecule has 1 aliphatic carbocycles. The van der Waals surface area contributed by atoms with E-state index in [0.717, 1.165) is 0 Å². The molecule has 104 valence electrons. The Morgan fingerprint density at radius 2 is 1.47 bits per heavy atom. The Bertz CT molecular complexity index is 496. The first-order valence-electron chi connectivity index (χ1n) is 6.44. The first-order chi connectivity index (χ1) is 8.77. The highest BCUT2D eigenvalue weighted by Crippen LogP contribution is 2.27. The third-order valence-electron chi connectivity index (χ3n) is 3.63. The normalized spacial score (nSPS) is 16.3. The number of hydrogen-bond acceptors (Lipinski definition) is 3. The molecule has 0 saturated heterocycles. The molecule has 0 unspecified atom stereocenters. The maximum atomic E-state index is 12.1. The molecule has 19 heavy (non-hydrogen) atoms. The molecule has 0 fully saturated rings. The molecule has 0 aromatic carbocycles. The summed E-state index contributed by atoms with van der Waals surface area (Å²) in [5.41, 5.74) is 2.17. The monoisotopic (exact) mass is 263 g/mol. The maximum Gasteiger partial charge on any atom is 0.222 e. The van der Waals surface area contributed by atoms with E-state index in [0.29, 0.717) is 41.6 Å². The van der Waals surface area contributed by atoms with E-state index in [2.05, 4.69) is 0 Å². The molecule has 1 rings (SSSR count). The molecule has 0 aliphatic heterocycles. The van der Waals surface area contributed by atoms with E-state index in [4.69, 9.17) is 0 Å². The largest absolute Gasteiger partial charge is 0.349 e. The van der Waals surface area contributed by atoms with Crippen LogP contribution in [0.25, 0.3) is 0 Å². The Kier molecular flexibility index (Phi) is 4.81. The highest BCUT2D eigenvalue weighted by Gasteiger charge is 2.27. The SMILES string of the molecule is CC1=C(C)C(=O)C(CCCC(=O)N(C)C)=C(C)C1=O. The van der Waals surface area contributed by atoms with Gasteiger partial charge in [0.15, 0.2) is 11.6 Å². The van der Waals surface area contributed by atoms with Crippen LogP contribution in [-0.4, -0.2) is 36.5 Å². The van der Waals surface area contributed by atoms with Gasteiger partial charge < -0.3 is 4.90 Å². The second-order valence-electron chi connectivity index (χ2n) is 5.15. The average Bonchev–Trinajstić information content (AvgIpc) is 2.37. The lowest BCUT2D eigenvalue weighted by Crippen LogP contribution is -2.23. The van der Waals surface area contributed by atoms with Crippen molar-refractivity contribution in [1.82, 2.24) is 4.90 Å². The van der Waals surface area contributed by atoms with Crippen LogP contribution in [0, 0.1) is 0 Å². The van der Waals surface area contributed by atoms with E-state index in [9.17, 15) is 14.4 Å². The van der Waals surface area contributed by atoms with Crippen LogP contribution >= 0.6 is 0 Å². The Morgan fingerprint density at radius 3 is 2.00 bits per heavy atom. The number of carbonyl (C=O) groups is 3. The maximum absolute atomic E-state index is 12.1. The van der Waals surface area contributed by atoms with Crippen LogP contribution in [0.1, 0.15) is 40.0 Å². The summed E-state index contributed by atoms with van der Waals surface area (Å²) in [5.74, 6) is -0.0609. The lowest BCUT2D eigenvalue weighted by molar-refractivity contribution is -0.128. The number of carbonyl (C=O) groups excluding carboxylic acids is 3. The van der Waals surface area contributed by atoms with Gasteiger partial charge in [0.25, 0.3) is 0 Å². The quantitative estimate of drug-likeness (QED) is 0.729. The van der Waals surface area contributed by atoms with Crippen molar-refractivity contribution in [1.29, 1.82) is 0 Å². The highest BCUT2D eigenvalue weighted by molar-refractivity contribution is 6.24. The van der Waals surface area contributed by atoms with Crippen LogP contribution in [0.5, 0.6) is 0 Å². The molecule has 0 saturated carbocycles. The summed E-state index contributed by atoms with van der Waals surface area (Å²) in [6.45, 7) is 5.07. The fraction of sp³-hybridized carbons (Fsp3) is 0.533. The second-order valence-corrected chi connectivity index (χ2v) is 5.15. The molecule has 4 heteroatoms. The number of ketones is 2. The Labute approximate surface area is 114 Å². The number of Topliss-reactive ketones (excluding diaryl/α,β-unsaturated/α-hetero) is 2. The predicted molar refractivity (Wildman–Crippen MR) is 73.6 cm³/mol. The van der Waals surface area contributed by atoms with Gasteiger partial charge in [-0.05, 0) is 33.6 Å². The molecular formula is C15H21NO3. The molecular weight excluding hydrogens is 242 g/mol. The van der Waals surface area contributed by atoms with E-state index in [1.165, 1.54) is 4.90 Å². The summed E-state index contributed by atoms with van der Waals surface area (Å²) in [7, 11) is 3.41. The smallest absolute Gasteiger partial charge is 0.222 e. The van der Waals surface area contributed by atoms with Crippen molar-refractivity contribution >= 4 is 17.5 Å². The van der Waals surface area contributed by atoms with Gasteiger partial charge in [0.2, 0.25) is 5.91 Å². The standard InChI is InChI=1S/C15H21NO3/c1-9-10(2)15(19)12(11(3)14(9)18)7-6-8-13(17)16(4)5/h6-8H2,1-5H3. The number of allylic oxidation sites excluding steroid dienone is 4. The van der Waals surface area contributed by atoms with Crippen LogP contribution < -0.4 is 0 Å². The van der Waals surface area contributed by atoms with Gasteiger partial charge in [0.1, 0.15) is 0 Å². The van der Waals surface area contributed by atoms with Crippen LogP contribution in [0.4, 0.5) is 0 Å². The fourth-order valence-electron chi connectivity index (χ4n) is 2.10. The third-order valence-corrected chi connectivity index (χ3v) is 3.63. The van der Waals surface area contributed by atoms with E-state index >= 15 is 0 Å². The van der Waals surface area contributed by atoms with Crippen LogP contribution in [0.3, 0.4) is 0 Å². The summed E-state index contributed by atoms with van der Waals surface area (Å²) < 4.78 is 0. The van der Waals surface area contributed by atoms with Crippen molar-refractivity contribution in [2.45, 2.75) is 40.0 Å². The van der Waals surface area contributed by atoms with Crippen molar-refractivity contribution in [3.8, 4) is 0 Å². The molecule has 1 amide bonds. The number of amides is 1. The summed E-state index contributed by atoms with van der Waals surface area (Å²) in [6.07, 6.45) is 1.47. The Morgan fingerprint density at radius 1 is 0.947 bits per heavy atom. The molecule has 0 aromatic rings. The number of nitrogens with zero attached hydrogens (tertiary/aromatic N) is 1. The molecule has 0 atom stereocenters. The van der Waals surface area contributed by atoms with Gasteiger partial charge in [-0.25, -0.2) is 0 Å². The summed E-state index contributed by atoms with van der Waals surface area (Å²) in [4.78, 5) is 37.1. The molecule has 1 aliphatic rings. The third kappa shape index (κ3) is 3.19. The molecule has 0 aromatic heterocycles. The number of hydrogen-bond donors (Lipinski definition) is 0.